The van der Waals surface area contributed by atoms with Crippen LogP contribution in [-0.2, 0) is 9.53 Å². The lowest BCUT2D eigenvalue weighted by molar-refractivity contribution is -0.144. The Bertz CT molecular complexity index is 463. The molecule has 0 unspecified atom stereocenters. The van der Waals surface area contributed by atoms with E-state index >= 15 is 0 Å². The molecule has 0 fully saturated rings. The molecule has 0 aliphatic heterocycles. The summed E-state index contributed by atoms with van der Waals surface area (Å²) in [6.07, 6.45) is 3.47. The van der Waals surface area contributed by atoms with E-state index in [9.17, 15) is 9.59 Å². The first kappa shape index (κ1) is 15.5. The molecule has 6 heteroatoms. The maximum absolute atomic E-state index is 12.2. The first-order valence-corrected chi connectivity index (χ1v) is 7.11. The van der Waals surface area contributed by atoms with Crippen LogP contribution < -0.4 is 5.32 Å². The van der Waals surface area contributed by atoms with Gasteiger partial charge in [0.05, 0.1) is 12.7 Å². The van der Waals surface area contributed by atoms with Crippen molar-refractivity contribution in [2.75, 3.05) is 13.4 Å². The molecule has 0 bridgehead atoms. The molecular formula is C13H18N2O3S. The van der Waals surface area contributed by atoms with E-state index < -0.39 is 12.0 Å². The van der Waals surface area contributed by atoms with Gasteiger partial charge in [0.15, 0.2) is 0 Å². The molecule has 1 N–H and O–H groups in total. The number of aromatic nitrogens is 1. The van der Waals surface area contributed by atoms with Crippen LogP contribution in [0, 0.1) is 5.92 Å². The third kappa shape index (κ3) is 3.96. The normalized spacial score (nSPS) is 12.1. The zero-order chi connectivity index (χ0) is 14.4. The molecule has 19 heavy (non-hydrogen) atoms. The molecule has 1 rings (SSSR count). The van der Waals surface area contributed by atoms with Gasteiger partial charge in [-0.25, -0.2) is 9.78 Å². The molecule has 0 radical (unpaired) electrons. The minimum absolute atomic E-state index is 0.0502. The highest BCUT2D eigenvalue weighted by atomic mass is 32.2. The lowest BCUT2D eigenvalue weighted by atomic mass is 10.0. The van der Waals surface area contributed by atoms with Crippen LogP contribution in [0.1, 0.15) is 24.2 Å². The van der Waals surface area contributed by atoms with Gasteiger partial charge >= 0.3 is 5.97 Å². The van der Waals surface area contributed by atoms with Crippen molar-refractivity contribution in [1.29, 1.82) is 0 Å². The highest BCUT2D eigenvalue weighted by Crippen LogP contribution is 2.17. The lowest BCUT2D eigenvalue weighted by Crippen LogP contribution is -2.45. The van der Waals surface area contributed by atoms with Crippen molar-refractivity contribution in [2.45, 2.75) is 24.9 Å². The van der Waals surface area contributed by atoms with Gasteiger partial charge in [-0.05, 0) is 24.3 Å². The second-order valence-electron chi connectivity index (χ2n) is 4.28. The van der Waals surface area contributed by atoms with Gasteiger partial charge in [0.2, 0.25) is 0 Å². The van der Waals surface area contributed by atoms with Crippen LogP contribution >= 0.6 is 11.8 Å². The smallest absolute Gasteiger partial charge is 0.328 e. The summed E-state index contributed by atoms with van der Waals surface area (Å²) >= 11 is 1.39. The molecule has 1 heterocycles. The zero-order valence-electron chi connectivity index (χ0n) is 11.5. The summed E-state index contributed by atoms with van der Waals surface area (Å²) in [7, 11) is 1.31. The van der Waals surface area contributed by atoms with Crippen molar-refractivity contribution in [1.82, 2.24) is 10.3 Å². The Kier molecular flexibility index (Phi) is 5.82. The Morgan fingerprint density at radius 1 is 1.42 bits per heavy atom. The Morgan fingerprint density at radius 2 is 2.11 bits per heavy atom. The van der Waals surface area contributed by atoms with Crippen LogP contribution in [0.15, 0.2) is 23.4 Å². The molecule has 104 valence electrons. The van der Waals surface area contributed by atoms with Gasteiger partial charge in [-0.3, -0.25) is 4.79 Å². The molecule has 5 nitrogen and oxygen atoms in total. The Labute approximate surface area is 117 Å². The number of thioether (sulfide) groups is 1. The van der Waals surface area contributed by atoms with E-state index in [0.29, 0.717) is 10.6 Å². The predicted octanol–water partition coefficient (Wildman–Crippen LogP) is 1.73. The largest absolute Gasteiger partial charge is 0.467 e. The van der Waals surface area contributed by atoms with Crippen molar-refractivity contribution in [2.24, 2.45) is 5.92 Å². The Balaban J connectivity index is 2.91. The average molecular weight is 282 g/mol. The molecular weight excluding hydrogens is 264 g/mol. The standard InChI is InChI=1S/C13H18N2O3S/c1-8(2)10(13(17)18-3)15-11(16)9-6-5-7-14-12(9)19-4/h5-8,10H,1-4H3,(H,15,16)/t10-/m0/s1. The number of rotatable bonds is 5. The van der Waals surface area contributed by atoms with E-state index in [-0.39, 0.29) is 11.8 Å². The fraction of sp³-hybridized carbons (Fsp3) is 0.462. The molecule has 0 saturated heterocycles. The molecule has 0 aromatic carbocycles. The topological polar surface area (TPSA) is 68.3 Å². The summed E-state index contributed by atoms with van der Waals surface area (Å²) in [6, 6.07) is 2.72. The zero-order valence-corrected chi connectivity index (χ0v) is 12.3. The van der Waals surface area contributed by atoms with Crippen LogP contribution in [0.5, 0.6) is 0 Å². The SMILES string of the molecule is COC(=O)[C@@H](NC(=O)c1cccnc1SC)C(C)C. The highest BCUT2D eigenvalue weighted by Gasteiger charge is 2.26. The van der Waals surface area contributed by atoms with E-state index in [1.165, 1.54) is 18.9 Å². The average Bonchev–Trinajstić information content (AvgIpc) is 2.43. The van der Waals surface area contributed by atoms with Crippen molar-refractivity contribution >= 4 is 23.6 Å². The summed E-state index contributed by atoms with van der Waals surface area (Å²) in [5, 5.41) is 3.32. The van der Waals surface area contributed by atoms with Crippen molar-refractivity contribution in [3.63, 3.8) is 0 Å². The summed E-state index contributed by atoms with van der Waals surface area (Å²) < 4.78 is 4.69. The quantitative estimate of drug-likeness (QED) is 0.658. The van der Waals surface area contributed by atoms with Gasteiger partial charge in [-0.1, -0.05) is 13.8 Å². The van der Waals surface area contributed by atoms with Crippen molar-refractivity contribution < 1.29 is 14.3 Å². The maximum atomic E-state index is 12.2. The monoisotopic (exact) mass is 282 g/mol. The number of amides is 1. The van der Waals surface area contributed by atoms with E-state index in [4.69, 9.17) is 4.74 Å². The minimum atomic E-state index is -0.660. The molecule has 1 amide bonds. The summed E-state index contributed by atoms with van der Waals surface area (Å²) in [5.41, 5.74) is 0.463. The second kappa shape index (κ2) is 7.13. The number of hydrogen-bond donors (Lipinski definition) is 1. The highest BCUT2D eigenvalue weighted by molar-refractivity contribution is 7.98. The maximum Gasteiger partial charge on any atom is 0.328 e. The lowest BCUT2D eigenvalue weighted by Gasteiger charge is -2.20. The number of ether oxygens (including phenoxy) is 1. The van der Waals surface area contributed by atoms with E-state index in [1.54, 1.807) is 18.3 Å². The summed E-state index contributed by atoms with van der Waals surface area (Å²) in [5.74, 6) is -0.815. The van der Waals surface area contributed by atoms with Crippen molar-refractivity contribution in [3.05, 3.63) is 23.9 Å². The van der Waals surface area contributed by atoms with Gasteiger partial charge in [-0.2, -0.15) is 0 Å². The first-order chi connectivity index (χ1) is 9.01. The van der Waals surface area contributed by atoms with Crippen LogP contribution in [-0.4, -0.2) is 36.3 Å². The predicted molar refractivity (Wildman–Crippen MR) is 74.1 cm³/mol. The number of hydrogen-bond acceptors (Lipinski definition) is 5. The van der Waals surface area contributed by atoms with Crippen LogP contribution in [0.3, 0.4) is 0 Å². The number of nitrogens with zero attached hydrogens (tertiary/aromatic N) is 1. The number of carbonyl (C=O) groups excluding carboxylic acids is 2. The van der Waals surface area contributed by atoms with Gasteiger partial charge in [-0.15, -0.1) is 11.8 Å². The molecule has 0 saturated carbocycles. The van der Waals surface area contributed by atoms with E-state index in [1.807, 2.05) is 20.1 Å². The minimum Gasteiger partial charge on any atom is -0.467 e. The molecule has 1 atom stereocenters. The molecule has 0 aliphatic carbocycles. The van der Waals surface area contributed by atoms with Crippen molar-refractivity contribution in [3.8, 4) is 0 Å². The molecule has 1 aromatic rings. The Hall–Kier alpha value is -1.56. The van der Waals surface area contributed by atoms with E-state index in [2.05, 4.69) is 10.3 Å². The fourth-order valence-electron chi connectivity index (χ4n) is 1.57. The molecule has 0 aliphatic rings. The van der Waals surface area contributed by atoms with Crippen LogP contribution in [0.2, 0.25) is 0 Å². The van der Waals surface area contributed by atoms with Crippen LogP contribution in [0.4, 0.5) is 0 Å². The van der Waals surface area contributed by atoms with Gasteiger partial charge < -0.3 is 10.1 Å². The van der Waals surface area contributed by atoms with Gasteiger partial charge in [0, 0.05) is 6.20 Å². The fourth-order valence-corrected chi connectivity index (χ4v) is 2.12. The third-order valence-electron chi connectivity index (χ3n) is 2.62. The van der Waals surface area contributed by atoms with Gasteiger partial charge in [0.25, 0.3) is 5.91 Å². The van der Waals surface area contributed by atoms with Crippen LogP contribution in [0.25, 0.3) is 0 Å². The Morgan fingerprint density at radius 3 is 2.63 bits per heavy atom. The first-order valence-electron chi connectivity index (χ1n) is 5.89. The number of esters is 1. The number of nitrogens with one attached hydrogen (secondary N) is 1. The number of pyridine rings is 1. The molecule has 1 aromatic heterocycles. The summed E-state index contributed by atoms with van der Waals surface area (Å²) in [6.45, 7) is 3.70. The molecule has 0 spiro atoms. The van der Waals surface area contributed by atoms with E-state index in [0.717, 1.165) is 0 Å². The van der Waals surface area contributed by atoms with Gasteiger partial charge in [0.1, 0.15) is 11.1 Å². The number of carbonyl (C=O) groups is 2. The third-order valence-corrected chi connectivity index (χ3v) is 3.33. The number of methoxy groups -OCH3 is 1. The summed E-state index contributed by atoms with van der Waals surface area (Å²) in [4.78, 5) is 27.9. The second-order valence-corrected chi connectivity index (χ2v) is 5.07.